The van der Waals surface area contributed by atoms with E-state index in [0.29, 0.717) is 18.5 Å². The van der Waals surface area contributed by atoms with Gasteiger partial charge in [0.25, 0.3) is 5.91 Å². The van der Waals surface area contributed by atoms with Crippen molar-refractivity contribution in [1.82, 2.24) is 14.3 Å². The molecular formula is C22H23BrN4O2S. The third-order valence-corrected chi connectivity index (χ3v) is 6.49. The number of ether oxygens (including phenoxy) is 1. The van der Waals surface area contributed by atoms with Crippen LogP contribution in [0.15, 0.2) is 53.0 Å². The SMILES string of the molecule is COc1cccc(Cc2nsc(N3CCN(C(=O)c4cccc(Br)c4)C(C)C3)n2)c1. The summed E-state index contributed by atoms with van der Waals surface area (Å²) >= 11 is 4.86. The largest absolute Gasteiger partial charge is 0.497 e. The Balaban J connectivity index is 1.40. The Hall–Kier alpha value is -2.45. The number of hydrogen-bond donors (Lipinski definition) is 0. The highest BCUT2D eigenvalue weighted by atomic mass is 79.9. The minimum atomic E-state index is 0.0689. The van der Waals surface area contributed by atoms with E-state index in [2.05, 4.69) is 38.2 Å². The Kier molecular flexibility index (Phi) is 6.34. The number of hydrogen-bond acceptors (Lipinski definition) is 6. The number of methoxy groups -OCH3 is 1. The highest BCUT2D eigenvalue weighted by molar-refractivity contribution is 9.10. The van der Waals surface area contributed by atoms with E-state index in [1.807, 2.05) is 47.4 Å². The van der Waals surface area contributed by atoms with Gasteiger partial charge in [-0.05, 0) is 42.8 Å². The summed E-state index contributed by atoms with van der Waals surface area (Å²) in [4.78, 5) is 21.8. The molecule has 0 N–H and O–H groups in total. The van der Waals surface area contributed by atoms with Gasteiger partial charge in [0.2, 0.25) is 5.13 Å². The van der Waals surface area contributed by atoms with Crippen LogP contribution in [0.1, 0.15) is 28.7 Å². The monoisotopic (exact) mass is 486 g/mol. The molecule has 1 atom stereocenters. The minimum absolute atomic E-state index is 0.0689. The summed E-state index contributed by atoms with van der Waals surface area (Å²) in [5.74, 6) is 1.71. The number of anilines is 1. The van der Waals surface area contributed by atoms with E-state index in [-0.39, 0.29) is 11.9 Å². The summed E-state index contributed by atoms with van der Waals surface area (Å²) in [6.07, 6.45) is 0.671. The molecule has 0 saturated carbocycles. The molecule has 2 heterocycles. The van der Waals surface area contributed by atoms with Crippen LogP contribution >= 0.6 is 27.5 Å². The van der Waals surface area contributed by atoms with E-state index in [9.17, 15) is 4.79 Å². The lowest BCUT2D eigenvalue weighted by Gasteiger charge is -2.39. The van der Waals surface area contributed by atoms with Gasteiger partial charge in [0.1, 0.15) is 11.6 Å². The third-order valence-electron chi connectivity index (χ3n) is 5.18. The number of benzene rings is 2. The van der Waals surface area contributed by atoms with Crippen LogP contribution in [0.3, 0.4) is 0 Å². The zero-order valence-electron chi connectivity index (χ0n) is 16.9. The molecular weight excluding hydrogens is 464 g/mol. The molecule has 6 nitrogen and oxygen atoms in total. The molecule has 8 heteroatoms. The second kappa shape index (κ2) is 9.14. The predicted octanol–water partition coefficient (Wildman–Crippen LogP) is 4.25. The minimum Gasteiger partial charge on any atom is -0.497 e. The molecule has 0 bridgehead atoms. The van der Waals surface area contributed by atoms with Crippen molar-refractivity contribution < 1.29 is 9.53 Å². The quantitative estimate of drug-likeness (QED) is 0.539. The number of amides is 1. The number of piperazine rings is 1. The molecule has 1 aromatic heterocycles. The van der Waals surface area contributed by atoms with Gasteiger partial charge in [-0.25, -0.2) is 4.98 Å². The van der Waals surface area contributed by atoms with Gasteiger partial charge >= 0.3 is 0 Å². The number of rotatable bonds is 5. The first-order valence-electron chi connectivity index (χ1n) is 9.80. The maximum Gasteiger partial charge on any atom is 0.254 e. The van der Waals surface area contributed by atoms with Crippen molar-refractivity contribution in [3.8, 4) is 5.75 Å². The summed E-state index contributed by atoms with van der Waals surface area (Å²) in [7, 11) is 1.67. The number of halogens is 1. The Morgan fingerprint density at radius 3 is 2.83 bits per heavy atom. The van der Waals surface area contributed by atoms with E-state index < -0.39 is 0 Å². The lowest BCUT2D eigenvalue weighted by atomic mass is 10.1. The van der Waals surface area contributed by atoms with Crippen LogP contribution in [0.5, 0.6) is 5.75 Å². The highest BCUT2D eigenvalue weighted by Crippen LogP contribution is 2.24. The molecule has 1 amide bonds. The molecule has 1 aliphatic rings. The first-order valence-corrected chi connectivity index (χ1v) is 11.4. The maximum atomic E-state index is 12.9. The molecule has 4 rings (SSSR count). The van der Waals surface area contributed by atoms with Crippen LogP contribution in [0.25, 0.3) is 0 Å². The van der Waals surface area contributed by atoms with E-state index in [1.165, 1.54) is 11.5 Å². The van der Waals surface area contributed by atoms with Crippen molar-refractivity contribution in [1.29, 1.82) is 0 Å². The van der Waals surface area contributed by atoms with Crippen molar-refractivity contribution >= 4 is 38.5 Å². The Bertz CT molecular complexity index is 1040. The lowest BCUT2D eigenvalue weighted by molar-refractivity contribution is 0.0674. The summed E-state index contributed by atoms with van der Waals surface area (Å²) in [5.41, 5.74) is 1.83. The zero-order chi connectivity index (χ0) is 21.1. The average Bonchev–Trinajstić information content (AvgIpc) is 3.22. The topological polar surface area (TPSA) is 58.6 Å². The van der Waals surface area contributed by atoms with E-state index >= 15 is 0 Å². The second-order valence-corrected chi connectivity index (χ2v) is 8.97. The van der Waals surface area contributed by atoms with Crippen molar-refractivity contribution in [2.75, 3.05) is 31.6 Å². The first-order chi connectivity index (χ1) is 14.5. The van der Waals surface area contributed by atoms with Crippen LogP contribution < -0.4 is 9.64 Å². The molecule has 1 saturated heterocycles. The Labute approximate surface area is 188 Å². The van der Waals surface area contributed by atoms with Gasteiger partial charge < -0.3 is 14.5 Å². The molecule has 156 valence electrons. The smallest absolute Gasteiger partial charge is 0.254 e. The van der Waals surface area contributed by atoms with Gasteiger partial charge in [-0.3, -0.25) is 4.79 Å². The predicted molar refractivity (Wildman–Crippen MR) is 123 cm³/mol. The molecule has 1 aliphatic heterocycles. The summed E-state index contributed by atoms with van der Waals surface area (Å²) < 4.78 is 10.7. The van der Waals surface area contributed by atoms with Gasteiger partial charge in [-0.1, -0.05) is 34.1 Å². The van der Waals surface area contributed by atoms with Crippen LogP contribution in [-0.4, -0.2) is 53.0 Å². The van der Waals surface area contributed by atoms with Crippen LogP contribution in [0.2, 0.25) is 0 Å². The van der Waals surface area contributed by atoms with Gasteiger partial charge in [-0.2, -0.15) is 4.37 Å². The molecule has 0 aliphatic carbocycles. The first kappa shape index (κ1) is 20.8. The normalized spacial score (nSPS) is 16.6. The molecule has 1 unspecified atom stereocenters. The van der Waals surface area contributed by atoms with Gasteiger partial charge in [0, 0.05) is 53.7 Å². The molecule has 1 fully saturated rings. The fourth-order valence-corrected chi connectivity index (χ4v) is 4.75. The third kappa shape index (κ3) is 4.65. The molecule has 30 heavy (non-hydrogen) atoms. The number of carbonyl (C=O) groups is 1. The van der Waals surface area contributed by atoms with Crippen molar-refractivity contribution in [3.05, 3.63) is 70.0 Å². The Morgan fingerprint density at radius 1 is 1.23 bits per heavy atom. The van der Waals surface area contributed by atoms with Crippen molar-refractivity contribution in [3.63, 3.8) is 0 Å². The summed E-state index contributed by atoms with van der Waals surface area (Å²) in [5, 5.41) is 0.911. The molecule has 2 aromatic carbocycles. The number of nitrogens with zero attached hydrogens (tertiary/aromatic N) is 4. The van der Waals surface area contributed by atoms with E-state index in [1.54, 1.807) is 7.11 Å². The van der Waals surface area contributed by atoms with E-state index in [4.69, 9.17) is 9.72 Å². The fourth-order valence-electron chi connectivity index (χ4n) is 3.63. The second-order valence-electron chi connectivity index (χ2n) is 7.33. The van der Waals surface area contributed by atoms with Crippen molar-refractivity contribution in [2.24, 2.45) is 0 Å². The number of carbonyl (C=O) groups excluding carboxylic acids is 1. The average molecular weight is 487 g/mol. The van der Waals surface area contributed by atoms with Gasteiger partial charge in [0.15, 0.2) is 0 Å². The molecule has 0 spiro atoms. The number of aromatic nitrogens is 2. The standard InChI is InChI=1S/C22H23BrN4O2S/c1-15-14-26(9-10-27(15)21(28)17-6-4-7-18(23)13-17)22-24-20(25-30-22)12-16-5-3-8-19(11-16)29-2/h3-8,11,13,15H,9-10,12,14H2,1-2H3. The van der Waals surface area contributed by atoms with Crippen LogP contribution in [0.4, 0.5) is 5.13 Å². The fraction of sp³-hybridized carbons (Fsp3) is 0.318. The zero-order valence-corrected chi connectivity index (χ0v) is 19.3. The molecule has 0 radical (unpaired) electrons. The maximum absolute atomic E-state index is 12.9. The van der Waals surface area contributed by atoms with E-state index in [0.717, 1.165) is 39.8 Å². The molecule has 3 aromatic rings. The summed E-state index contributed by atoms with van der Waals surface area (Å²) in [6.45, 7) is 4.24. The lowest BCUT2D eigenvalue weighted by Crippen LogP contribution is -2.54. The summed E-state index contributed by atoms with van der Waals surface area (Å²) in [6, 6.07) is 15.6. The Morgan fingerprint density at radius 2 is 2.07 bits per heavy atom. The van der Waals surface area contributed by atoms with Gasteiger partial charge in [0.05, 0.1) is 7.11 Å². The highest BCUT2D eigenvalue weighted by Gasteiger charge is 2.29. The van der Waals surface area contributed by atoms with Crippen LogP contribution in [-0.2, 0) is 6.42 Å². The van der Waals surface area contributed by atoms with Gasteiger partial charge in [-0.15, -0.1) is 0 Å². The van der Waals surface area contributed by atoms with Crippen molar-refractivity contribution in [2.45, 2.75) is 19.4 Å². The van der Waals surface area contributed by atoms with Crippen LogP contribution in [0, 0.1) is 0 Å².